The van der Waals surface area contributed by atoms with Gasteiger partial charge in [0.15, 0.2) is 17.5 Å². The average Bonchev–Trinajstić information content (AvgIpc) is 3.88. The van der Waals surface area contributed by atoms with Gasteiger partial charge in [0.1, 0.15) is 11.2 Å². The molecule has 0 spiro atoms. The first-order valence-corrected chi connectivity index (χ1v) is 21.0. The zero-order valence-corrected chi connectivity index (χ0v) is 33.6. The molecule has 0 aliphatic heterocycles. The first-order valence-electron chi connectivity index (χ1n) is 21.0. The molecule has 0 saturated heterocycles. The van der Waals surface area contributed by atoms with Gasteiger partial charge in [-0.15, -0.1) is 0 Å². The van der Waals surface area contributed by atoms with Gasteiger partial charge in [-0.25, -0.2) is 15.0 Å². The number of benzene rings is 9. The van der Waals surface area contributed by atoms with E-state index in [4.69, 9.17) is 19.4 Å². The standard InChI is InChI=1S/C58H37N3O/c1-4-16-38(17-5-1)40-30-32-41(33-31-40)55-59-56(43-21-14-20-42(36-43)39-18-6-2-7-19-39)61-57(60-55)49-26-15-29-52-54(49)48-35-34-45(37-53(48)62-52)58(44-22-8-3-9-23-44)50-27-12-10-24-46(50)47-25-11-13-28-51(47)58/h1-37H. The molecule has 2 aromatic heterocycles. The van der Waals surface area contributed by atoms with Crippen LogP contribution in [0.15, 0.2) is 229 Å². The third-order valence-electron chi connectivity index (χ3n) is 12.4. The van der Waals surface area contributed by atoms with Crippen LogP contribution < -0.4 is 0 Å². The maximum absolute atomic E-state index is 6.85. The molecular formula is C58H37N3O. The predicted molar refractivity (Wildman–Crippen MR) is 252 cm³/mol. The Balaban J connectivity index is 1.04. The summed E-state index contributed by atoms with van der Waals surface area (Å²) in [5, 5.41) is 1.97. The van der Waals surface area contributed by atoms with Crippen LogP contribution >= 0.6 is 0 Å². The van der Waals surface area contributed by atoms with Crippen molar-refractivity contribution in [1.29, 1.82) is 0 Å². The number of fused-ring (bicyclic) bond motifs is 6. The highest BCUT2D eigenvalue weighted by Gasteiger charge is 2.46. The molecule has 0 unspecified atom stereocenters. The lowest BCUT2D eigenvalue weighted by Gasteiger charge is -2.33. The first kappa shape index (κ1) is 35.7. The Labute approximate surface area is 359 Å². The molecule has 0 N–H and O–H groups in total. The van der Waals surface area contributed by atoms with Crippen LogP contribution in [-0.4, -0.2) is 15.0 Å². The molecule has 0 amide bonds. The van der Waals surface area contributed by atoms with Gasteiger partial charge >= 0.3 is 0 Å². The maximum Gasteiger partial charge on any atom is 0.164 e. The number of hydrogen-bond donors (Lipinski definition) is 0. The molecule has 9 aromatic carbocycles. The van der Waals surface area contributed by atoms with Gasteiger partial charge < -0.3 is 4.42 Å². The van der Waals surface area contributed by atoms with Gasteiger partial charge in [-0.2, -0.15) is 0 Å². The van der Waals surface area contributed by atoms with Crippen LogP contribution in [0.5, 0.6) is 0 Å². The van der Waals surface area contributed by atoms with Crippen LogP contribution in [0.2, 0.25) is 0 Å². The van der Waals surface area contributed by atoms with E-state index in [0.717, 1.165) is 66.4 Å². The van der Waals surface area contributed by atoms with Crippen LogP contribution in [0.25, 0.3) is 89.5 Å². The second-order valence-electron chi connectivity index (χ2n) is 15.9. The minimum atomic E-state index is -0.535. The summed E-state index contributed by atoms with van der Waals surface area (Å²) < 4.78 is 6.85. The third kappa shape index (κ3) is 5.72. The molecule has 11 aromatic rings. The van der Waals surface area contributed by atoms with Crippen molar-refractivity contribution < 1.29 is 4.42 Å². The quantitative estimate of drug-likeness (QED) is 0.161. The topological polar surface area (TPSA) is 51.8 Å². The number of aromatic nitrogens is 3. The van der Waals surface area contributed by atoms with E-state index in [1.54, 1.807) is 0 Å². The number of furan rings is 1. The molecule has 0 atom stereocenters. The summed E-state index contributed by atoms with van der Waals surface area (Å²) >= 11 is 0. The van der Waals surface area contributed by atoms with E-state index < -0.39 is 5.41 Å². The lowest BCUT2D eigenvalue weighted by Crippen LogP contribution is -2.28. The van der Waals surface area contributed by atoms with Crippen LogP contribution in [0.3, 0.4) is 0 Å². The lowest BCUT2D eigenvalue weighted by atomic mass is 9.67. The molecule has 1 aliphatic rings. The fraction of sp³-hybridized carbons (Fsp3) is 0.0172. The molecule has 12 rings (SSSR count). The van der Waals surface area contributed by atoms with E-state index in [9.17, 15) is 0 Å². The molecule has 290 valence electrons. The lowest BCUT2D eigenvalue weighted by molar-refractivity contribution is 0.665. The van der Waals surface area contributed by atoms with Gasteiger partial charge in [-0.3, -0.25) is 0 Å². The minimum absolute atomic E-state index is 0.535. The zero-order valence-electron chi connectivity index (χ0n) is 33.6. The smallest absolute Gasteiger partial charge is 0.164 e. The van der Waals surface area contributed by atoms with Crippen LogP contribution in [0.1, 0.15) is 22.3 Å². The molecule has 0 radical (unpaired) electrons. The second-order valence-corrected chi connectivity index (χ2v) is 15.9. The van der Waals surface area contributed by atoms with Crippen molar-refractivity contribution in [3.05, 3.63) is 247 Å². The normalized spacial score (nSPS) is 12.6. The van der Waals surface area contributed by atoms with Crippen molar-refractivity contribution in [2.24, 2.45) is 0 Å². The molecular weight excluding hydrogens is 755 g/mol. The summed E-state index contributed by atoms with van der Waals surface area (Å²) in [5.74, 6) is 1.79. The highest BCUT2D eigenvalue weighted by Crippen LogP contribution is 2.56. The Kier molecular flexibility index (Phi) is 8.36. The fourth-order valence-corrected chi connectivity index (χ4v) is 9.62. The van der Waals surface area contributed by atoms with Gasteiger partial charge in [0.25, 0.3) is 0 Å². The molecule has 0 saturated carbocycles. The number of rotatable bonds is 7. The Morgan fingerprint density at radius 3 is 1.50 bits per heavy atom. The van der Waals surface area contributed by atoms with Gasteiger partial charge in [0.2, 0.25) is 0 Å². The van der Waals surface area contributed by atoms with Crippen LogP contribution in [-0.2, 0) is 5.41 Å². The summed E-state index contributed by atoms with van der Waals surface area (Å²) in [6.45, 7) is 0. The Bertz CT molecular complexity index is 3400. The summed E-state index contributed by atoms with van der Waals surface area (Å²) in [6.07, 6.45) is 0. The fourth-order valence-electron chi connectivity index (χ4n) is 9.62. The molecule has 0 bridgehead atoms. The Hall–Kier alpha value is -8.21. The zero-order chi connectivity index (χ0) is 41.0. The number of hydrogen-bond acceptors (Lipinski definition) is 4. The van der Waals surface area contributed by atoms with Crippen molar-refractivity contribution in [3.63, 3.8) is 0 Å². The Morgan fingerprint density at radius 1 is 0.306 bits per heavy atom. The largest absolute Gasteiger partial charge is 0.456 e. The molecule has 4 heteroatoms. The van der Waals surface area contributed by atoms with Gasteiger partial charge in [-0.05, 0) is 73.8 Å². The van der Waals surface area contributed by atoms with Crippen molar-refractivity contribution in [2.45, 2.75) is 5.41 Å². The van der Waals surface area contributed by atoms with Crippen LogP contribution in [0.4, 0.5) is 0 Å². The van der Waals surface area contributed by atoms with E-state index >= 15 is 0 Å². The molecule has 62 heavy (non-hydrogen) atoms. The van der Waals surface area contributed by atoms with E-state index in [2.05, 4.69) is 200 Å². The summed E-state index contributed by atoms with van der Waals surface area (Å²) in [4.78, 5) is 15.6. The van der Waals surface area contributed by atoms with E-state index in [1.807, 2.05) is 24.3 Å². The molecule has 4 nitrogen and oxygen atoms in total. The first-order chi connectivity index (χ1) is 30.7. The monoisotopic (exact) mass is 791 g/mol. The van der Waals surface area contributed by atoms with Crippen LogP contribution in [0, 0.1) is 0 Å². The maximum atomic E-state index is 6.85. The highest BCUT2D eigenvalue weighted by atomic mass is 16.3. The van der Waals surface area contributed by atoms with Gasteiger partial charge in [0.05, 0.1) is 5.41 Å². The predicted octanol–water partition coefficient (Wildman–Crippen LogP) is 14.5. The molecule has 0 fully saturated rings. The number of nitrogens with zero attached hydrogens (tertiary/aromatic N) is 3. The van der Waals surface area contributed by atoms with E-state index in [0.29, 0.717) is 17.5 Å². The highest BCUT2D eigenvalue weighted by molar-refractivity contribution is 6.12. The van der Waals surface area contributed by atoms with E-state index in [-0.39, 0.29) is 0 Å². The molecule has 1 aliphatic carbocycles. The van der Waals surface area contributed by atoms with Crippen molar-refractivity contribution >= 4 is 21.9 Å². The average molecular weight is 792 g/mol. The summed E-state index contributed by atoms with van der Waals surface area (Å²) in [6, 6.07) is 79.2. The Morgan fingerprint density at radius 2 is 0.806 bits per heavy atom. The van der Waals surface area contributed by atoms with Crippen molar-refractivity contribution in [2.75, 3.05) is 0 Å². The van der Waals surface area contributed by atoms with Crippen molar-refractivity contribution in [3.8, 4) is 67.5 Å². The van der Waals surface area contributed by atoms with E-state index in [1.165, 1.54) is 27.8 Å². The SMILES string of the molecule is c1ccc(-c2ccc(-c3nc(-c4cccc(-c5ccccc5)c4)nc(-c4cccc5oc6cc(C7(c8ccccc8)c8ccccc8-c8ccccc87)ccc6c45)n3)cc2)cc1. The second kappa shape index (κ2) is 14.5. The summed E-state index contributed by atoms with van der Waals surface area (Å²) in [5.41, 5.74) is 15.7. The minimum Gasteiger partial charge on any atom is -0.456 e. The van der Waals surface area contributed by atoms with Gasteiger partial charge in [0, 0.05) is 27.5 Å². The third-order valence-corrected chi connectivity index (χ3v) is 12.4. The molecule has 2 heterocycles. The van der Waals surface area contributed by atoms with Gasteiger partial charge in [-0.1, -0.05) is 206 Å². The summed E-state index contributed by atoms with van der Waals surface area (Å²) in [7, 11) is 0. The van der Waals surface area contributed by atoms with Crippen molar-refractivity contribution in [1.82, 2.24) is 15.0 Å².